The topological polar surface area (TPSA) is 37.0 Å². The molecular weight excluding hydrogens is 326 g/mol. The number of hydrogen-bond donors (Lipinski definition) is 2. The molecule has 0 aliphatic heterocycles. The van der Waals surface area contributed by atoms with Gasteiger partial charge in [0.1, 0.15) is 0 Å². The van der Waals surface area contributed by atoms with E-state index in [4.69, 9.17) is 12.2 Å². The molecule has 1 aromatic heterocycles. The molecule has 0 radical (unpaired) electrons. The highest BCUT2D eigenvalue weighted by atomic mass is 32.1. The molecule has 3 nitrogen and oxygen atoms in total. The van der Waals surface area contributed by atoms with Crippen LogP contribution in [0.15, 0.2) is 85.2 Å². The maximum Gasteiger partial charge on any atom is 0.167 e. The van der Waals surface area contributed by atoms with Gasteiger partial charge in [0.05, 0.1) is 6.04 Å². The summed E-state index contributed by atoms with van der Waals surface area (Å²) in [7, 11) is 0. The first kappa shape index (κ1) is 17.1. The summed E-state index contributed by atoms with van der Waals surface area (Å²) in [4.78, 5) is 4.11. The minimum atomic E-state index is 0.000857. The fraction of sp³-hybridized carbons (Fsp3) is 0.143. The Morgan fingerprint density at radius 1 is 0.840 bits per heavy atom. The van der Waals surface area contributed by atoms with Gasteiger partial charge in [0.25, 0.3) is 0 Å². The van der Waals surface area contributed by atoms with Crippen LogP contribution < -0.4 is 10.6 Å². The average molecular weight is 347 g/mol. The van der Waals surface area contributed by atoms with Crippen LogP contribution in [0.2, 0.25) is 0 Å². The lowest BCUT2D eigenvalue weighted by molar-refractivity contribution is 0.732. The first-order valence-electron chi connectivity index (χ1n) is 8.36. The van der Waals surface area contributed by atoms with E-state index in [0.717, 1.165) is 18.5 Å². The Balaban J connectivity index is 1.63. The van der Waals surface area contributed by atoms with Crippen LogP contribution in [0.4, 0.5) is 0 Å². The highest BCUT2D eigenvalue weighted by Gasteiger charge is 2.14. The van der Waals surface area contributed by atoms with Crippen molar-refractivity contribution in [2.75, 3.05) is 6.54 Å². The number of aromatic nitrogens is 1. The number of rotatable bonds is 6. The van der Waals surface area contributed by atoms with E-state index >= 15 is 0 Å². The molecule has 0 bridgehead atoms. The molecule has 126 valence electrons. The summed E-state index contributed by atoms with van der Waals surface area (Å²) in [5.41, 5.74) is 3.60. The van der Waals surface area contributed by atoms with Crippen molar-refractivity contribution < 1.29 is 0 Å². The Morgan fingerprint density at radius 2 is 1.44 bits per heavy atom. The molecule has 2 N–H and O–H groups in total. The standard InChI is InChI=1S/C21H21N3S/c25-21(23-16-11-17-7-3-1-4-8-17)24-20(18-9-5-2-6-10-18)19-12-14-22-15-13-19/h1-10,12-15,20H,11,16H2,(H2,23,24,25)/t20-/m0/s1. The largest absolute Gasteiger partial charge is 0.362 e. The van der Waals surface area contributed by atoms with Crippen LogP contribution in [0.1, 0.15) is 22.7 Å². The average Bonchev–Trinajstić information content (AvgIpc) is 2.68. The molecule has 2 aromatic carbocycles. The highest BCUT2D eigenvalue weighted by molar-refractivity contribution is 7.80. The molecule has 1 atom stereocenters. The number of nitrogens with zero attached hydrogens (tertiary/aromatic N) is 1. The van der Waals surface area contributed by atoms with Crippen molar-refractivity contribution in [1.29, 1.82) is 0 Å². The third kappa shape index (κ3) is 5.13. The Morgan fingerprint density at radius 3 is 2.12 bits per heavy atom. The minimum absolute atomic E-state index is 0.000857. The fourth-order valence-corrected chi connectivity index (χ4v) is 2.93. The molecule has 0 fully saturated rings. The third-order valence-electron chi connectivity index (χ3n) is 3.99. The predicted octanol–water partition coefficient (Wildman–Crippen LogP) is 3.88. The lowest BCUT2D eigenvalue weighted by Gasteiger charge is -2.22. The van der Waals surface area contributed by atoms with E-state index < -0.39 is 0 Å². The van der Waals surface area contributed by atoms with E-state index in [1.54, 1.807) is 12.4 Å². The first-order chi connectivity index (χ1) is 12.3. The van der Waals surface area contributed by atoms with Crippen LogP contribution in [0.3, 0.4) is 0 Å². The maximum absolute atomic E-state index is 5.51. The quantitative estimate of drug-likeness (QED) is 0.664. The normalized spacial score (nSPS) is 11.5. The maximum atomic E-state index is 5.51. The molecule has 0 spiro atoms. The van der Waals surface area contributed by atoms with Gasteiger partial charge < -0.3 is 10.6 Å². The minimum Gasteiger partial charge on any atom is -0.362 e. The molecule has 3 aromatic rings. The van der Waals surface area contributed by atoms with E-state index in [0.29, 0.717) is 5.11 Å². The van der Waals surface area contributed by atoms with E-state index in [2.05, 4.69) is 52.0 Å². The molecule has 0 unspecified atom stereocenters. The van der Waals surface area contributed by atoms with E-state index in [1.807, 2.05) is 36.4 Å². The van der Waals surface area contributed by atoms with Crippen LogP contribution in [0.25, 0.3) is 0 Å². The van der Waals surface area contributed by atoms with Gasteiger partial charge in [-0.15, -0.1) is 0 Å². The van der Waals surface area contributed by atoms with Crippen LogP contribution in [0, 0.1) is 0 Å². The Kier molecular flexibility index (Phi) is 6.12. The molecule has 1 heterocycles. The van der Waals surface area contributed by atoms with Crippen molar-refractivity contribution in [3.8, 4) is 0 Å². The van der Waals surface area contributed by atoms with Crippen molar-refractivity contribution >= 4 is 17.3 Å². The number of benzene rings is 2. The number of hydrogen-bond acceptors (Lipinski definition) is 2. The summed E-state index contributed by atoms with van der Waals surface area (Å²) in [6, 6.07) is 24.7. The first-order valence-corrected chi connectivity index (χ1v) is 8.77. The van der Waals surface area contributed by atoms with Gasteiger partial charge in [-0.3, -0.25) is 4.98 Å². The van der Waals surface area contributed by atoms with Crippen LogP contribution >= 0.6 is 12.2 Å². The Labute approximate surface area is 154 Å². The van der Waals surface area contributed by atoms with Gasteiger partial charge in [-0.2, -0.15) is 0 Å². The van der Waals surface area contributed by atoms with Crippen molar-refractivity contribution in [3.05, 3.63) is 102 Å². The molecule has 4 heteroatoms. The predicted molar refractivity (Wildman–Crippen MR) is 106 cm³/mol. The van der Waals surface area contributed by atoms with Crippen LogP contribution in [0.5, 0.6) is 0 Å². The van der Waals surface area contributed by atoms with Crippen LogP contribution in [-0.4, -0.2) is 16.6 Å². The molecule has 25 heavy (non-hydrogen) atoms. The summed E-state index contributed by atoms with van der Waals surface area (Å²) < 4.78 is 0. The second-order valence-corrected chi connectivity index (χ2v) is 6.17. The van der Waals surface area contributed by atoms with Gasteiger partial charge in [-0.25, -0.2) is 0 Å². The number of pyridine rings is 1. The molecule has 3 rings (SSSR count). The smallest absolute Gasteiger partial charge is 0.167 e. The Bertz CT molecular complexity index is 737. The summed E-state index contributed by atoms with van der Waals surface area (Å²) >= 11 is 5.51. The lowest BCUT2D eigenvalue weighted by Crippen LogP contribution is -2.39. The number of nitrogens with one attached hydrogen (secondary N) is 2. The fourth-order valence-electron chi connectivity index (χ4n) is 2.71. The van der Waals surface area contributed by atoms with E-state index in [1.165, 1.54) is 11.1 Å². The van der Waals surface area contributed by atoms with Gasteiger partial charge in [0, 0.05) is 18.9 Å². The van der Waals surface area contributed by atoms with Gasteiger partial charge in [0.15, 0.2) is 5.11 Å². The summed E-state index contributed by atoms with van der Waals surface area (Å²) in [5, 5.41) is 7.39. The SMILES string of the molecule is S=C(NCCc1ccccc1)N[C@@H](c1ccccc1)c1ccncc1. The van der Waals surface area contributed by atoms with Crippen molar-refractivity contribution in [2.24, 2.45) is 0 Å². The molecular formula is C21H21N3S. The molecule has 0 amide bonds. The zero-order valence-electron chi connectivity index (χ0n) is 13.9. The highest BCUT2D eigenvalue weighted by Crippen LogP contribution is 2.21. The second kappa shape index (κ2) is 8.94. The summed E-state index contributed by atoms with van der Waals surface area (Å²) in [5.74, 6) is 0. The molecule has 0 saturated carbocycles. The van der Waals surface area contributed by atoms with Crippen molar-refractivity contribution in [3.63, 3.8) is 0 Å². The summed E-state index contributed by atoms with van der Waals surface area (Å²) in [6.45, 7) is 0.799. The van der Waals surface area contributed by atoms with Crippen molar-refractivity contribution in [2.45, 2.75) is 12.5 Å². The van der Waals surface area contributed by atoms with E-state index in [9.17, 15) is 0 Å². The van der Waals surface area contributed by atoms with Gasteiger partial charge in [-0.1, -0.05) is 60.7 Å². The van der Waals surface area contributed by atoms with E-state index in [-0.39, 0.29) is 6.04 Å². The molecule has 0 saturated heterocycles. The van der Waals surface area contributed by atoms with Crippen LogP contribution in [-0.2, 0) is 6.42 Å². The molecule has 0 aliphatic rings. The van der Waals surface area contributed by atoms with Gasteiger partial charge >= 0.3 is 0 Å². The zero-order valence-corrected chi connectivity index (χ0v) is 14.7. The Hall–Kier alpha value is -2.72. The number of thiocarbonyl (C=S) groups is 1. The van der Waals surface area contributed by atoms with Crippen molar-refractivity contribution in [1.82, 2.24) is 15.6 Å². The monoisotopic (exact) mass is 347 g/mol. The zero-order chi connectivity index (χ0) is 17.3. The van der Waals surface area contributed by atoms with Gasteiger partial charge in [-0.05, 0) is 47.5 Å². The molecule has 0 aliphatic carbocycles. The second-order valence-electron chi connectivity index (χ2n) is 5.76. The van der Waals surface area contributed by atoms with Gasteiger partial charge in [0.2, 0.25) is 0 Å². The summed E-state index contributed by atoms with van der Waals surface area (Å²) in [6.07, 6.45) is 4.55. The third-order valence-corrected chi connectivity index (χ3v) is 4.25. The lowest BCUT2D eigenvalue weighted by atomic mass is 10.00.